The normalized spacial score (nSPS) is 21.7. The van der Waals surface area contributed by atoms with Gasteiger partial charge in [0.15, 0.2) is 0 Å². The Bertz CT molecular complexity index is 607. The van der Waals surface area contributed by atoms with E-state index in [1.807, 2.05) is 32.9 Å². The van der Waals surface area contributed by atoms with Gasteiger partial charge >= 0.3 is 6.09 Å². The predicted octanol–water partition coefficient (Wildman–Crippen LogP) is 4.40. The maximum absolute atomic E-state index is 12.3. The molecule has 132 valence electrons. The number of ether oxygens (including phenoxy) is 2. The first-order valence-electron chi connectivity index (χ1n) is 8.70. The van der Waals surface area contributed by atoms with Crippen LogP contribution < -0.4 is 0 Å². The Hall–Kier alpha value is -1.26. The Labute approximate surface area is 149 Å². The van der Waals surface area contributed by atoms with E-state index in [0.29, 0.717) is 25.6 Å². The highest BCUT2D eigenvalue weighted by Crippen LogP contribution is 2.45. The van der Waals surface area contributed by atoms with Crippen molar-refractivity contribution in [2.45, 2.75) is 57.7 Å². The second-order valence-electron chi connectivity index (χ2n) is 7.71. The van der Waals surface area contributed by atoms with Crippen molar-refractivity contribution in [1.82, 2.24) is 4.90 Å². The summed E-state index contributed by atoms with van der Waals surface area (Å²) in [4.78, 5) is 14.0. The van der Waals surface area contributed by atoms with Gasteiger partial charge in [-0.1, -0.05) is 23.7 Å². The second kappa shape index (κ2) is 6.93. The molecule has 1 aromatic carbocycles. The summed E-state index contributed by atoms with van der Waals surface area (Å²) in [6.45, 7) is 7.34. The Morgan fingerprint density at radius 1 is 1.38 bits per heavy atom. The minimum atomic E-state index is -0.475. The quantitative estimate of drug-likeness (QED) is 0.810. The molecule has 0 aromatic heterocycles. The number of hydrogen-bond acceptors (Lipinski definition) is 3. The molecule has 0 N–H and O–H groups in total. The van der Waals surface area contributed by atoms with Crippen molar-refractivity contribution in [2.75, 3.05) is 19.7 Å². The average Bonchev–Trinajstić information content (AvgIpc) is 3.30. The lowest BCUT2D eigenvalue weighted by Gasteiger charge is -2.34. The summed E-state index contributed by atoms with van der Waals surface area (Å²) in [7, 11) is 0. The van der Waals surface area contributed by atoms with Crippen LogP contribution in [0.1, 0.15) is 50.7 Å². The van der Waals surface area contributed by atoms with Crippen LogP contribution in [0, 0.1) is 0 Å². The molecular formula is C19H26ClNO3. The third-order valence-corrected chi connectivity index (χ3v) is 4.70. The topological polar surface area (TPSA) is 38.8 Å². The van der Waals surface area contributed by atoms with Gasteiger partial charge in [0.2, 0.25) is 0 Å². The van der Waals surface area contributed by atoms with E-state index in [2.05, 4.69) is 6.07 Å². The molecule has 0 bridgehead atoms. The number of carbonyl (C=O) groups excluding carboxylic acids is 1. The van der Waals surface area contributed by atoms with E-state index >= 15 is 0 Å². The molecule has 4 nitrogen and oxygen atoms in total. The molecule has 1 saturated carbocycles. The summed E-state index contributed by atoms with van der Waals surface area (Å²) in [5.74, 6) is 0.597. The first-order chi connectivity index (χ1) is 11.3. The molecule has 1 unspecified atom stereocenters. The van der Waals surface area contributed by atoms with Crippen molar-refractivity contribution in [3.8, 4) is 0 Å². The molecule has 0 spiro atoms. The van der Waals surface area contributed by atoms with E-state index in [9.17, 15) is 4.79 Å². The Kier molecular flexibility index (Phi) is 5.07. The molecular weight excluding hydrogens is 326 g/mol. The lowest BCUT2D eigenvalue weighted by atomic mass is 9.97. The van der Waals surface area contributed by atoms with Crippen molar-refractivity contribution in [3.63, 3.8) is 0 Å². The van der Waals surface area contributed by atoms with Gasteiger partial charge in [-0.05, 0) is 56.7 Å². The third kappa shape index (κ3) is 4.42. The number of morpholine rings is 1. The Balaban J connectivity index is 1.66. The fourth-order valence-electron chi connectivity index (χ4n) is 3.17. The monoisotopic (exact) mass is 351 g/mol. The van der Waals surface area contributed by atoms with Crippen molar-refractivity contribution in [3.05, 3.63) is 34.3 Å². The molecule has 1 atom stereocenters. The summed E-state index contributed by atoms with van der Waals surface area (Å²) in [6, 6.07) is 6.10. The van der Waals surface area contributed by atoms with Gasteiger partial charge in [-0.25, -0.2) is 4.79 Å². The van der Waals surface area contributed by atoms with Crippen LogP contribution in [0.4, 0.5) is 4.79 Å². The minimum Gasteiger partial charge on any atom is -0.444 e. The highest BCUT2D eigenvalue weighted by Gasteiger charge is 2.31. The zero-order valence-electron chi connectivity index (χ0n) is 14.7. The van der Waals surface area contributed by atoms with Gasteiger partial charge in [-0.2, -0.15) is 0 Å². The zero-order chi connectivity index (χ0) is 17.3. The van der Waals surface area contributed by atoms with Crippen molar-refractivity contribution >= 4 is 17.7 Å². The van der Waals surface area contributed by atoms with Crippen molar-refractivity contribution in [2.24, 2.45) is 0 Å². The number of amides is 1. The average molecular weight is 352 g/mol. The second-order valence-corrected chi connectivity index (χ2v) is 8.12. The zero-order valence-corrected chi connectivity index (χ0v) is 15.4. The highest BCUT2D eigenvalue weighted by atomic mass is 35.5. The first-order valence-corrected chi connectivity index (χ1v) is 9.08. The fourth-order valence-corrected chi connectivity index (χ4v) is 3.52. The van der Waals surface area contributed by atoms with Gasteiger partial charge in [-0.3, -0.25) is 0 Å². The van der Waals surface area contributed by atoms with E-state index in [4.69, 9.17) is 21.1 Å². The minimum absolute atomic E-state index is 0.0118. The molecule has 2 aliphatic rings. The van der Waals surface area contributed by atoms with Crippen molar-refractivity contribution in [1.29, 1.82) is 0 Å². The smallest absolute Gasteiger partial charge is 0.410 e. The number of halogens is 1. The lowest BCUT2D eigenvalue weighted by Crippen LogP contribution is -2.48. The molecule has 1 amide bonds. The van der Waals surface area contributed by atoms with Crippen LogP contribution in [0.15, 0.2) is 18.2 Å². The van der Waals surface area contributed by atoms with Crippen LogP contribution in [-0.2, 0) is 15.9 Å². The summed E-state index contributed by atoms with van der Waals surface area (Å²) in [6.07, 6.45) is 2.94. The van der Waals surface area contributed by atoms with Gasteiger partial charge in [0.25, 0.3) is 0 Å². The van der Waals surface area contributed by atoms with Gasteiger partial charge in [0.1, 0.15) is 5.60 Å². The molecule has 24 heavy (non-hydrogen) atoms. The lowest BCUT2D eigenvalue weighted by molar-refractivity contribution is -0.0415. The molecule has 1 aliphatic heterocycles. The van der Waals surface area contributed by atoms with Crippen LogP contribution in [0.5, 0.6) is 0 Å². The van der Waals surface area contributed by atoms with E-state index in [1.54, 1.807) is 4.90 Å². The maximum atomic E-state index is 12.3. The van der Waals surface area contributed by atoms with Gasteiger partial charge in [-0.15, -0.1) is 0 Å². The molecule has 3 rings (SSSR count). The van der Waals surface area contributed by atoms with Gasteiger partial charge < -0.3 is 14.4 Å². The number of nitrogens with zero attached hydrogens (tertiary/aromatic N) is 1. The van der Waals surface area contributed by atoms with Gasteiger partial charge in [0, 0.05) is 18.0 Å². The van der Waals surface area contributed by atoms with Crippen LogP contribution in [0.3, 0.4) is 0 Å². The summed E-state index contributed by atoms with van der Waals surface area (Å²) in [5, 5.41) is 0.856. The van der Waals surface area contributed by atoms with E-state index in [1.165, 1.54) is 24.0 Å². The van der Waals surface area contributed by atoms with E-state index in [0.717, 1.165) is 11.4 Å². The summed E-state index contributed by atoms with van der Waals surface area (Å²) in [5.41, 5.74) is 2.05. The standard InChI is InChI=1S/C19H26ClNO3/c1-19(2,3)24-18(22)21-9-10-23-15(12-21)11-14-5-4-6-16(20)17(14)13-7-8-13/h4-6,13,15H,7-12H2,1-3H3. The molecule has 5 heteroatoms. The molecule has 1 aromatic rings. The SMILES string of the molecule is CC(C)(C)OC(=O)N1CCOC(Cc2cccc(Cl)c2C2CC2)C1. The third-order valence-electron chi connectivity index (χ3n) is 4.37. The maximum Gasteiger partial charge on any atom is 0.410 e. The summed E-state index contributed by atoms with van der Waals surface area (Å²) >= 11 is 6.41. The first kappa shape index (κ1) is 17.6. The number of hydrogen-bond donors (Lipinski definition) is 0. The number of carbonyl (C=O) groups is 1. The highest BCUT2D eigenvalue weighted by molar-refractivity contribution is 6.31. The number of benzene rings is 1. The largest absolute Gasteiger partial charge is 0.444 e. The molecule has 0 radical (unpaired) electrons. The molecule has 2 fully saturated rings. The van der Waals surface area contributed by atoms with E-state index in [-0.39, 0.29) is 12.2 Å². The van der Waals surface area contributed by atoms with Crippen LogP contribution >= 0.6 is 11.6 Å². The van der Waals surface area contributed by atoms with Crippen molar-refractivity contribution < 1.29 is 14.3 Å². The fraction of sp³-hybridized carbons (Fsp3) is 0.632. The number of rotatable bonds is 3. The molecule has 1 heterocycles. The molecule has 1 saturated heterocycles. The van der Waals surface area contributed by atoms with Crippen LogP contribution in [-0.4, -0.2) is 42.4 Å². The van der Waals surface area contributed by atoms with E-state index < -0.39 is 5.60 Å². The Morgan fingerprint density at radius 3 is 2.79 bits per heavy atom. The molecule has 1 aliphatic carbocycles. The Morgan fingerprint density at radius 2 is 2.12 bits per heavy atom. The summed E-state index contributed by atoms with van der Waals surface area (Å²) < 4.78 is 11.4. The predicted molar refractivity (Wildman–Crippen MR) is 94.7 cm³/mol. The van der Waals surface area contributed by atoms with Gasteiger partial charge in [0.05, 0.1) is 19.3 Å². The van der Waals surface area contributed by atoms with Crippen LogP contribution in [0.25, 0.3) is 0 Å². The van der Waals surface area contributed by atoms with Crippen LogP contribution in [0.2, 0.25) is 5.02 Å².